The van der Waals surface area contributed by atoms with Gasteiger partial charge in [0, 0.05) is 17.7 Å². The van der Waals surface area contributed by atoms with Gasteiger partial charge in [-0.25, -0.2) is 9.48 Å². The summed E-state index contributed by atoms with van der Waals surface area (Å²) in [6, 6.07) is 15.4. The van der Waals surface area contributed by atoms with Crippen molar-refractivity contribution in [2.24, 2.45) is 0 Å². The van der Waals surface area contributed by atoms with Gasteiger partial charge in [0.25, 0.3) is 5.69 Å². The van der Waals surface area contributed by atoms with E-state index in [0.717, 1.165) is 5.56 Å². The lowest BCUT2D eigenvalue weighted by Gasteiger charge is -2.10. The fourth-order valence-corrected chi connectivity index (χ4v) is 2.74. The maximum Gasteiger partial charge on any atom is 0.342 e. The Bertz CT molecular complexity index is 947. The first-order chi connectivity index (χ1) is 12.5. The van der Waals surface area contributed by atoms with E-state index in [-0.39, 0.29) is 12.3 Å². The number of nitrogens with zero attached hydrogens (tertiary/aromatic N) is 3. The molecule has 26 heavy (non-hydrogen) atoms. The Kier molecular flexibility index (Phi) is 4.79. The van der Waals surface area contributed by atoms with Crippen LogP contribution in [0.4, 0.5) is 5.69 Å². The highest BCUT2D eigenvalue weighted by Gasteiger charge is 2.24. The van der Waals surface area contributed by atoms with Gasteiger partial charge in [0.15, 0.2) is 0 Å². The Hall–Kier alpha value is -3.48. The highest BCUT2D eigenvalue weighted by Crippen LogP contribution is 2.30. The van der Waals surface area contributed by atoms with Gasteiger partial charge in [-0.3, -0.25) is 10.1 Å². The van der Waals surface area contributed by atoms with Crippen molar-refractivity contribution in [1.82, 2.24) is 9.78 Å². The molecule has 0 fully saturated rings. The topological polar surface area (TPSA) is 87.3 Å². The summed E-state index contributed by atoms with van der Waals surface area (Å²) in [5.74, 6) is -0.447. The van der Waals surface area contributed by atoms with Gasteiger partial charge in [-0.15, -0.1) is 0 Å². The molecular weight excluding hydrogens is 334 g/mol. The second-order valence-corrected chi connectivity index (χ2v) is 5.58. The van der Waals surface area contributed by atoms with Crippen LogP contribution in [0.15, 0.2) is 54.6 Å². The molecule has 0 aliphatic heterocycles. The molecule has 1 aromatic heterocycles. The van der Waals surface area contributed by atoms with Crippen molar-refractivity contribution in [2.45, 2.75) is 13.8 Å². The quantitative estimate of drug-likeness (QED) is 0.395. The molecule has 3 aromatic rings. The van der Waals surface area contributed by atoms with Crippen molar-refractivity contribution in [1.29, 1.82) is 0 Å². The molecule has 7 heteroatoms. The predicted molar refractivity (Wildman–Crippen MR) is 96.3 cm³/mol. The molecule has 0 aliphatic carbocycles. The molecule has 3 rings (SSSR count). The predicted octanol–water partition coefficient (Wildman–Crippen LogP) is 3.93. The van der Waals surface area contributed by atoms with E-state index in [9.17, 15) is 14.9 Å². The number of aryl methyl sites for hydroxylation is 1. The minimum atomic E-state index is -0.458. The molecule has 0 atom stereocenters. The number of nitro groups is 1. The van der Waals surface area contributed by atoms with Crippen molar-refractivity contribution >= 4 is 11.7 Å². The molecule has 0 spiro atoms. The van der Waals surface area contributed by atoms with Crippen molar-refractivity contribution in [3.63, 3.8) is 0 Å². The first-order valence-electron chi connectivity index (χ1n) is 8.10. The highest BCUT2D eigenvalue weighted by atomic mass is 16.6. The monoisotopic (exact) mass is 351 g/mol. The third-order valence-corrected chi connectivity index (χ3v) is 3.89. The zero-order valence-corrected chi connectivity index (χ0v) is 14.4. The van der Waals surface area contributed by atoms with E-state index in [2.05, 4.69) is 5.10 Å². The van der Waals surface area contributed by atoms with Crippen LogP contribution in [0.25, 0.3) is 16.9 Å². The Morgan fingerprint density at radius 1 is 1.15 bits per heavy atom. The molecule has 2 aromatic carbocycles. The summed E-state index contributed by atoms with van der Waals surface area (Å²) in [7, 11) is 0. The fraction of sp³-hybridized carbons (Fsp3) is 0.158. The molecule has 0 N–H and O–H groups in total. The first-order valence-corrected chi connectivity index (χ1v) is 8.10. The van der Waals surface area contributed by atoms with Gasteiger partial charge in [0.2, 0.25) is 0 Å². The van der Waals surface area contributed by atoms with Crippen molar-refractivity contribution in [2.75, 3.05) is 6.61 Å². The lowest BCUT2D eigenvalue weighted by molar-refractivity contribution is -0.384. The molecule has 0 saturated heterocycles. The van der Waals surface area contributed by atoms with Gasteiger partial charge < -0.3 is 4.74 Å². The van der Waals surface area contributed by atoms with Crippen LogP contribution >= 0.6 is 0 Å². The molecule has 0 radical (unpaired) electrons. The van der Waals surface area contributed by atoms with E-state index < -0.39 is 10.9 Å². The molecule has 7 nitrogen and oxygen atoms in total. The van der Waals surface area contributed by atoms with E-state index in [1.807, 2.05) is 30.3 Å². The summed E-state index contributed by atoms with van der Waals surface area (Å²) in [5.41, 5.74) is 2.92. The second kappa shape index (κ2) is 7.18. The molecule has 0 unspecified atom stereocenters. The minimum absolute atomic E-state index is 0.00972. The first kappa shape index (κ1) is 17.3. The smallest absolute Gasteiger partial charge is 0.342 e. The number of carbonyl (C=O) groups is 1. The third-order valence-electron chi connectivity index (χ3n) is 3.89. The van der Waals surface area contributed by atoms with Crippen LogP contribution in [-0.2, 0) is 4.74 Å². The van der Waals surface area contributed by atoms with E-state index >= 15 is 0 Å². The Labute approximate surface area is 150 Å². The van der Waals surface area contributed by atoms with E-state index in [4.69, 9.17) is 4.74 Å². The van der Waals surface area contributed by atoms with Gasteiger partial charge in [-0.1, -0.05) is 30.3 Å². The number of benzene rings is 2. The zero-order chi connectivity index (χ0) is 18.7. The summed E-state index contributed by atoms with van der Waals surface area (Å²) in [4.78, 5) is 22.9. The molecule has 132 valence electrons. The number of aromatic nitrogens is 2. The Morgan fingerprint density at radius 3 is 2.38 bits per heavy atom. The van der Waals surface area contributed by atoms with Crippen LogP contribution in [0.1, 0.15) is 23.0 Å². The van der Waals surface area contributed by atoms with E-state index in [0.29, 0.717) is 22.6 Å². The number of hydrogen-bond donors (Lipinski definition) is 0. The number of hydrogen-bond acceptors (Lipinski definition) is 5. The summed E-state index contributed by atoms with van der Waals surface area (Å²) >= 11 is 0. The number of esters is 1. The van der Waals surface area contributed by atoms with Crippen molar-refractivity contribution in [3.05, 3.63) is 76.0 Å². The zero-order valence-electron chi connectivity index (χ0n) is 14.4. The fourth-order valence-electron chi connectivity index (χ4n) is 2.74. The largest absolute Gasteiger partial charge is 0.462 e. The van der Waals surface area contributed by atoms with Gasteiger partial charge in [0.05, 0.1) is 28.6 Å². The second-order valence-electron chi connectivity index (χ2n) is 5.58. The van der Waals surface area contributed by atoms with Crippen LogP contribution in [-0.4, -0.2) is 27.3 Å². The van der Waals surface area contributed by atoms with Crippen LogP contribution in [0.2, 0.25) is 0 Å². The van der Waals surface area contributed by atoms with Gasteiger partial charge >= 0.3 is 5.97 Å². The van der Waals surface area contributed by atoms with E-state index in [1.54, 1.807) is 30.7 Å². The number of non-ortho nitro benzene ring substituents is 1. The molecular formula is C19H17N3O4. The number of rotatable bonds is 5. The standard InChI is InChI=1S/C19H17N3O4/c1-3-26-19(23)17-13(2)20-21(18(17)14-7-5-4-6-8-14)15-9-11-16(12-10-15)22(24)25/h4-12H,3H2,1-2H3. The average Bonchev–Trinajstić information content (AvgIpc) is 3.00. The highest BCUT2D eigenvalue weighted by molar-refractivity contribution is 5.98. The molecule has 0 saturated carbocycles. The summed E-state index contributed by atoms with van der Waals surface area (Å²) in [5, 5.41) is 15.4. The maximum atomic E-state index is 12.5. The van der Waals surface area contributed by atoms with Gasteiger partial charge in [-0.05, 0) is 26.0 Å². The lowest BCUT2D eigenvalue weighted by atomic mass is 10.1. The number of nitro benzene ring substituents is 1. The van der Waals surface area contributed by atoms with Gasteiger partial charge in [-0.2, -0.15) is 5.10 Å². The summed E-state index contributed by atoms with van der Waals surface area (Å²) in [6.45, 7) is 3.74. The Balaban J connectivity index is 2.20. The normalized spacial score (nSPS) is 10.5. The van der Waals surface area contributed by atoms with Crippen molar-refractivity contribution in [3.8, 4) is 16.9 Å². The average molecular weight is 351 g/mol. The third kappa shape index (κ3) is 3.19. The van der Waals surface area contributed by atoms with Crippen LogP contribution in [0.5, 0.6) is 0 Å². The molecule has 0 amide bonds. The maximum absolute atomic E-state index is 12.5. The summed E-state index contributed by atoms with van der Waals surface area (Å²) in [6.07, 6.45) is 0. The van der Waals surface area contributed by atoms with Crippen LogP contribution in [0.3, 0.4) is 0 Å². The van der Waals surface area contributed by atoms with Crippen LogP contribution < -0.4 is 0 Å². The number of carbonyl (C=O) groups excluding carboxylic acids is 1. The lowest BCUT2D eigenvalue weighted by Crippen LogP contribution is -2.08. The minimum Gasteiger partial charge on any atom is -0.462 e. The molecule has 0 bridgehead atoms. The van der Waals surface area contributed by atoms with E-state index in [1.165, 1.54) is 12.1 Å². The van der Waals surface area contributed by atoms with Gasteiger partial charge in [0.1, 0.15) is 5.56 Å². The number of ether oxygens (including phenoxy) is 1. The molecule has 0 aliphatic rings. The Morgan fingerprint density at radius 2 is 1.81 bits per heavy atom. The van der Waals surface area contributed by atoms with Crippen LogP contribution in [0, 0.1) is 17.0 Å². The molecule has 1 heterocycles. The summed E-state index contributed by atoms with van der Waals surface area (Å²) < 4.78 is 6.80. The SMILES string of the molecule is CCOC(=O)c1c(C)nn(-c2ccc([N+](=O)[O-])cc2)c1-c1ccccc1. The van der Waals surface area contributed by atoms with Crippen molar-refractivity contribution < 1.29 is 14.5 Å².